The molecule has 0 amide bonds. The van der Waals surface area contributed by atoms with E-state index in [0.717, 1.165) is 59.9 Å². The summed E-state index contributed by atoms with van der Waals surface area (Å²) < 4.78 is 2.20. The molecule has 0 spiro atoms. The van der Waals surface area contributed by atoms with Gasteiger partial charge in [-0.2, -0.15) is 0 Å². The zero-order valence-electron chi connectivity index (χ0n) is 17.4. The summed E-state index contributed by atoms with van der Waals surface area (Å²) in [6.07, 6.45) is 4.02. The molecule has 6 nitrogen and oxygen atoms in total. The first-order valence-electron chi connectivity index (χ1n) is 10.7. The molecule has 0 N–H and O–H groups in total. The van der Waals surface area contributed by atoms with Crippen molar-refractivity contribution in [2.75, 3.05) is 11.4 Å². The molecular formula is C24H26N6. The van der Waals surface area contributed by atoms with Gasteiger partial charge in [0.25, 0.3) is 0 Å². The number of hydrogen-bond acceptors (Lipinski definition) is 5. The molecule has 1 atom stereocenters. The number of benzene rings is 2. The molecule has 4 aromatic rings. The Morgan fingerprint density at radius 1 is 1.00 bits per heavy atom. The molecule has 1 aliphatic rings. The highest BCUT2D eigenvalue weighted by molar-refractivity contribution is 5.91. The Morgan fingerprint density at radius 3 is 2.63 bits per heavy atom. The van der Waals surface area contributed by atoms with Gasteiger partial charge in [-0.1, -0.05) is 56.3 Å². The Labute approximate surface area is 176 Å². The van der Waals surface area contributed by atoms with Crippen molar-refractivity contribution in [3.63, 3.8) is 0 Å². The van der Waals surface area contributed by atoms with Crippen LogP contribution in [0.2, 0.25) is 0 Å². The topological polar surface area (TPSA) is 59.7 Å². The van der Waals surface area contributed by atoms with Crippen molar-refractivity contribution in [1.82, 2.24) is 24.7 Å². The van der Waals surface area contributed by atoms with Gasteiger partial charge in [0.2, 0.25) is 0 Å². The monoisotopic (exact) mass is 398 g/mol. The molecule has 0 radical (unpaired) electrons. The van der Waals surface area contributed by atoms with Gasteiger partial charge in [-0.15, -0.1) is 10.2 Å². The molecule has 2 aromatic carbocycles. The highest BCUT2D eigenvalue weighted by Gasteiger charge is 2.32. The predicted octanol–water partition coefficient (Wildman–Crippen LogP) is 4.89. The quantitative estimate of drug-likeness (QED) is 0.479. The minimum atomic E-state index is 0.174. The predicted molar refractivity (Wildman–Crippen MR) is 119 cm³/mol. The van der Waals surface area contributed by atoms with Crippen LogP contribution in [0, 0.1) is 5.92 Å². The number of hydrogen-bond donors (Lipinski definition) is 0. The number of aromatic nitrogens is 5. The molecule has 1 aliphatic heterocycles. The van der Waals surface area contributed by atoms with Gasteiger partial charge in [0.05, 0.1) is 11.6 Å². The molecule has 3 heterocycles. The Morgan fingerprint density at radius 2 is 1.80 bits per heavy atom. The third-order valence-corrected chi connectivity index (χ3v) is 5.65. The van der Waals surface area contributed by atoms with Gasteiger partial charge in [0, 0.05) is 24.0 Å². The molecule has 2 aromatic heterocycles. The van der Waals surface area contributed by atoms with Crippen molar-refractivity contribution >= 4 is 16.7 Å². The fourth-order valence-electron chi connectivity index (χ4n) is 4.34. The minimum Gasteiger partial charge on any atom is -0.346 e. The van der Waals surface area contributed by atoms with Gasteiger partial charge in [-0.25, -0.2) is 9.97 Å². The third-order valence-electron chi connectivity index (χ3n) is 5.65. The van der Waals surface area contributed by atoms with Gasteiger partial charge in [-0.3, -0.25) is 0 Å². The summed E-state index contributed by atoms with van der Waals surface area (Å²) in [5.74, 6) is 3.32. The maximum Gasteiger partial charge on any atom is 0.162 e. The molecule has 1 fully saturated rings. The van der Waals surface area contributed by atoms with Gasteiger partial charge in [-0.05, 0) is 30.9 Å². The second kappa shape index (κ2) is 7.86. The average molecular weight is 399 g/mol. The number of nitrogens with zero attached hydrogens (tertiary/aromatic N) is 6. The molecule has 5 rings (SSSR count). The molecule has 30 heavy (non-hydrogen) atoms. The number of rotatable bonds is 5. The van der Waals surface area contributed by atoms with Crippen LogP contribution in [0.3, 0.4) is 0 Å². The lowest BCUT2D eigenvalue weighted by Gasteiger charge is -2.27. The fourth-order valence-corrected chi connectivity index (χ4v) is 4.34. The average Bonchev–Trinajstić information content (AvgIpc) is 3.42. The van der Waals surface area contributed by atoms with Crippen LogP contribution in [0.15, 0.2) is 60.9 Å². The number of para-hydroxylation sites is 1. The van der Waals surface area contributed by atoms with E-state index in [1.54, 1.807) is 0 Å². The maximum absolute atomic E-state index is 5.06. The van der Waals surface area contributed by atoms with Crippen LogP contribution in [-0.2, 0) is 6.54 Å². The van der Waals surface area contributed by atoms with Crippen molar-refractivity contribution < 1.29 is 0 Å². The minimum absolute atomic E-state index is 0.174. The van der Waals surface area contributed by atoms with Crippen molar-refractivity contribution in [3.8, 4) is 11.4 Å². The molecule has 0 saturated carbocycles. The van der Waals surface area contributed by atoms with Crippen molar-refractivity contribution in [2.45, 2.75) is 39.3 Å². The van der Waals surface area contributed by atoms with E-state index >= 15 is 0 Å². The van der Waals surface area contributed by atoms with E-state index in [0.29, 0.717) is 5.92 Å². The zero-order valence-corrected chi connectivity index (χ0v) is 17.4. The number of fused-ring (bicyclic) bond motifs is 1. The van der Waals surface area contributed by atoms with Crippen LogP contribution in [0.25, 0.3) is 22.3 Å². The first-order chi connectivity index (χ1) is 14.7. The Balaban J connectivity index is 1.62. The summed E-state index contributed by atoms with van der Waals surface area (Å²) in [7, 11) is 0. The van der Waals surface area contributed by atoms with E-state index < -0.39 is 0 Å². The van der Waals surface area contributed by atoms with Gasteiger partial charge in [0.15, 0.2) is 11.6 Å². The Hall–Kier alpha value is -3.28. The summed E-state index contributed by atoms with van der Waals surface area (Å²) >= 11 is 0. The normalized spacial score (nSPS) is 16.6. The molecule has 152 valence electrons. The largest absolute Gasteiger partial charge is 0.346 e. The van der Waals surface area contributed by atoms with E-state index in [9.17, 15) is 0 Å². The Bertz CT molecular complexity index is 1150. The summed E-state index contributed by atoms with van der Waals surface area (Å²) in [5.41, 5.74) is 2.00. The SMILES string of the molecule is CC(C)Cn1cnnc1C1CCCN1c1nc(-c2ccccc2)nc2ccccc12. The fraction of sp³-hybridized carbons (Fsp3) is 0.333. The summed E-state index contributed by atoms with van der Waals surface area (Å²) in [5, 5.41) is 9.83. The smallest absolute Gasteiger partial charge is 0.162 e. The van der Waals surface area contributed by atoms with Crippen LogP contribution in [0.5, 0.6) is 0 Å². The van der Waals surface area contributed by atoms with Crippen LogP contribution in [-0.4, -0.2) is 31.3 Å². The van der Waals surface area contributed by atoms with Crippen molar-refractivity contribution in [3.05, 3.63) is 66.7 Å². The van der Waals surface area contributed by atoms with E-state index in [1.165, 1.54) is 0 Å². The lowest BCUT2D eigenvalue weighted by atomic mass is 10.1. The van der Waals surface area contributed by atoms with E-state index in [1.807, 2.05) is 30.6 Å². The van der Waals surface area contributed by atoms with Gasteiger partial charge < -0.3 is 9.47 Å². The van der Waals surface area contributed by atoms with Crippen LogP contribution < -0.4 is 4.90 Å². The van der Waals surface area contributed by atoms with Crippen molar-refractivity contribution in [1.29, 1.82) is 0 Å². The Kier molecular flexibility index (Phi) is 4.91. The molecule has 1 unspecified atom stereocenters. The molecule has 0 bridgehead atoms. The van der Waals surface area contributed by atoms with Gasteiger partial charge >= 0.3 is 0 Å². The lowest BCUT2D eigenvalue weighted by molar-refractivity contribution is 0.487. The first kappa shape index (κ1) is 18.7. The standard InChI is InChI=1S/C24H26N6/c1-17(2)15-29-16-25-28-24(29)21-13-8-14-30(21)23-19-11-6-7-12-20(19)26-22(27-23)18-9-4-3-5-10-18/h3-7,9-12,16-17,21H,8,13-15H2,1-2H3. The van der Waals surface area contributed by atoms with Crippen LogP contribution >= 0.6 is 0 Å². The van der Waals surface area contributed by atoms with E-state index in [4.69, 9.17) is 9.97 Å². The molecular weight excluding hydrogens is 372 g/mol. The second-order valence-corrected chi connectivity index (χ2v) is 8.34. The number of anilines is 1. The van der Waals surface area contributed by atoms with Crippen LogP contribution in [0.1, 0.15) is 38.6 Å². The second-order valence-electron chi connectivity index (χ2n) is 8.34. The maximum atomic E-state index is 5.06. The third kappa shape index (κ3) is 3.43. The molecule has 1 saturated heterocycles. The lowest BCUT2D eigenvalue weighted by Crippen LogP contribution is -2.27. The summed E-state index contributed by atoms with van der Waals surface area (Å²) in [6, 6.07) is 18.7. The van der Waals surface area contributed by atoms with Gasteiger partial charge in [0.1, 0.15) is 12.1 Å². The van der Waals surface area contributed by atoms with E-state index in [2.05, 4.69) is 63.8 Å². The van der Waals surface area contributed by atoms with Crippen LogP contribution in [0.4, 0.5) is 5.82 Å². The first-order valence-corrected chi connectivity index (χ1v) is 10.7. The highest BCUT2D eigenvalue weighted by Crippen LogP contribution is 2.38. The highest BCUT2D eigenvalue weighted by atomic mass is 15.3. The molecule has 0 aliphatic carbocycles. The zero-order chi connectivity index (χ0) is 20.5. The molecule has 6 heteroatoms. The summed E-state index contributed by atoms with van der Waals surface area (Å²) in [6.45, 7) is 6.32. The summed E-state index contributed by atoms with van der Waals surface area (Å²) in [4.78, 5) is 12.3. The van der Waals surface area contributed by atoms with Crippen molar-refractivity contribution in [2.24, 2.45) is 5.92 Å². The van der Waals surface area contributed by atoms with E-state index in [-0.39, 0.29) is 6.04 Å².